The van der Waals surface area contributed by atoms with Crippen molar-refractivity contribution in [2.75, 3.05) is 6.54 Å². The van der Waals surface area contributed by atoms with Gasteiger partial charge in [0.2, 0.25) is 0 Å². The molecule has 0 heterocycles. The van der Waals surface area contributed by atoms with E-state index in [0.717, 1.165) is 23.8 Å². The molecule has 0 aromatic heterocycles. The summed E-state index contributed by atoms with van der Waals surface area (Å²) in [4.78, 5) is 2.79. The van der Waals surface area contributed by atoms with E-state index in [1.165, 1.54) is 45.1 Å². The highest BCUT2D eigenvalue weighted by atomic mass is 15.2. The van der Waals surface area contributed by atoms with Crippen molar-refractivity contribution in [3.8, 4) is 0 Å². The highest BCUT2D eigenvalue weighted by molar-refractivity contribution is 4.96. The molecule has 0 radical (unpaired) electrons. The Bertz CT molecular complexity index is 270. The molecule has 0 aromatic carbocycles. The fourth-order valence-electron chi connectivity index (χ4n) is 3.62. The van der Waals surface area contributed by atoms with Crippen LogP contribution in [0.4, 0.5) is 0 Å². The minimum atomic E-state index is 0.419. The molecule has 2 heteroatoms. The van der Waals surface area contributed by atoms with Crippen molar-refractivity contribution in [3.05, 3.63) is 0 Å². The molecule has 2 saturated carbocycles. The van der Waals surface area contributed by atoms with E-state index >= 15 is 0 Å². The van der Waals surface area contributed by atoms with Crippen molar-refractivity contribution in [2.24, 2.45) is 23.5 Å². The molecule has 2 N–H and O–H groups in total. The molecule has 2 aliphatic rings. The zero-order valence-electron chi connectivity index (χ0n) is 13.4. The fourth-order valence-corrected chi connectivity index (χ4v) is 3.62. The average Bonchev–Trinajstić information content (AvgIpc) is 3.15. The standard InChI is InChI=1S/C17H34N2/c1-12(2)9-10-19(15-6-7-15)17-11-14(13(3)4)5-8-16(17)18/h12-17H,5-11,18H2,1-4H3. The van der Waals surface area contributed by atoms with Gasteiger partial charge in [0.15, 0.2) is 0 Å². The molecule has 19 heavy (non-hydrogen) atoms. The van der Waals surface area contributed by atoms with Crippen LogP contribution in [0.2, 0.25) is 0 Å². The molecule has 0 bridgehead atoms. The first-order chi connectivity index (χ1) is 8.99. The van der Waals surface area contributed by atoms with Gasteiger partial charge in [-0.15, -0.1) is 0 Å². The number of rotatable bonds is 6. The van der Waals surface area contributed by atoms with Crippen LogP contribution in [0, 0.1) is 17.8 Å². The summed E-state index contributed by atoms with van der Waals surface area (Å²) in [6.07, 6.45) is 8.07. The lowest BCUT2D eigenvalue weighted by molar-refractivity contribution is 0.0858. The first kappa shape index (κ1) is 15.3. The van der Waals surface area contributed by atoms with Crippen molar-refractivity contribution in [2.45, 2.75) is 84.3 Å². The quantitative estimate of drug-likeness (QED) is 0.795. The summed E-state index contributed by atoms with van der Waals surface area (Å²) in [6, 6.07) is 1.94. The Morgan fingerprint density at radius 1 is 1.05 bits per heavy atom. The molecular weight excluding hydrogens is 232 g/mol. The second-order valence-corrected chi connectivity index (χ2v) is 7.70. The normalized spacial score (nSPS) is 32.5. The van der Waals surface area contributed by atoms with Crippen LogP contribution in [0.5, 0.6) is 0 Å². The number of hydrogen-bond donors (Lipinski definition) is 1. The summed E-state index contributed by atoms with van der Waals surface area (Å²) in [6.45, 7) is 10.7. The van der Waals surface area contributed by atoms with Crippen LogP contribution in [-0.2, 0) is 0 Å². The summed E-state index contributed by atoms with van der Waals surface area (Å²) in [7, 11) is 0. The van der Waals surface area contributed by atoms with Gasteiger partial charge in [-0.1, -0.05) is 27.7 Å². The molecule has 3 unspecified atom stereocenters. The van der Waals surface area contributed by atoms with E-state index < -0.39 is 0 Å². The van der Waals surface area contributed by atoms with E-state index in [9.17, 15) is 0 Å². The second kappa shape index (κ2) is 6.58. The first-order valence-electron chi connectivity index (χ1n) is 8.50. The zero-order chi connectivity index (χ0) is 14.0. The molecule has 3 atom stereocenters. The number of nitrogens with two attached hydrogens (primary N) is 1. The molecule has 0 aliphatic heterocycles. The Balaban J connectivity index is 1.97. The molecule has 2 rings (SSSR count). The van der Waals surface area contributed by atoms with E-state index in [2.05, 4.69) is 32.6 Å². The maximum absolute atomic E-state index is 6.47. The Morgan fingerprint density at radius 2 is 1.74 bits per heavy atom. The van der Waals surface area contributed by atoms with Crippen molar-refractivity contribution in [1.82, 2.24) is 4.90 Å². The monoisotopic (exact) mass is 266 g/mol. The first-order valence-corrected chi connectivity index (χ1v) is 8.50. The van der Waals surface area contributed by atoms with Crippen LogP contribution >= 0.6 is 0 Å². The predicted molar refractivity (Wildman–Crippen MR) is 83.1 cm³/mol. The van der Waals surface area contributed by atoms with E-state index in [1.807, 2.05) is 0 Å². The third-order valence-corrected chi connectivity index (χ3v) is 5.26. The summed E-state index contributed by atoms with van der Waals surface area (Å²) < 4.78 is 0. The maximum atomic E-state index is 6.47. The highest BCUT2D eigenvalue weighted by Gasteiger charge is 2.39. The molecular formula is C17H34N2. The van der Waals surface area contributed by atoms with E-state index in [4.69, 9.17) is 5.73 Å². The Kier molecular flexibility index (Phi) is 5.30. The lowest BCUT2D eigenvalue weighted by Crippen LogP contribution is -2.53. The van der Waals surface area contributed by atoms with Gasteiger partial charge in [-0.25, -0.2) is 0 Å². The molecule has 0 amide bonds. The zero-order valence-corrected chi connectivity index (χ0v) is 13.4. The second-order valence-electron chi connectivity index (χ2n) is 7.70. The van der Waals surface area contributed by atoms with Crippen LogP contribution in [0.15, 0.2) is 0 Å². The summed E-state index contributed by atoms with van der Waals surface area (Å²) in [5.41, 5.74) is 6.47. The molecule has 2 aliphatic carbocycles. The van der Waals surface area contributed by atoms with Crippen molar-refractivity contribution in [1.29, 1.82) is 0 Å². The predicted octanol–water partition coefficient (Wildman–Crippen LogP) is 3.65. The minimum Gasteiger partial charge on any atom is -0.326 e. The van der Waals surface area contributed by atoms with Crippen LogP contribution in [-0.4, -0.2) is 29.6 Å². The van der Waals surface area contributed by atoms with Crippen LogP contribution in [0.3, 0.4) is 0 Å². The molecule has 0 spiro atoms. The minimum absolute atomic E-state index is 0.419. The van der Waals surface area contributed by atoms with Crippen LogP contribution in [0.25, 0.3) is 0 Å². The Morgan fingerprint density at radius 3 is 2.26 bits per heavy atom. The van der Waals surface area contributed by atoms with Gasteiger partial charge in [0.05, 0.1) is 0 Å². The van der Waals surface area contributed by atoms with Gasteiger partial charge in [-0.05, 0) is 62.8 Å². The number of nitrogens with zero attached hydrogens (tertiary/aromatic N) is 1. The Hall–Kier alpha value is -0.0800. The van der Waals surface area contributed by atoms with E-state index in [0.29, 0.717) is 12.1 Å². The van der Waals surface area contributed by atoms with Gasteiger partial charge in [0.25, 0.3) is 0 Å². The van der Waals surface area contributed by atoms with Crippen molar-refractivity contribution < 1.29 is 0 Å². The average molecular weight is 266 g/mol. The maximum Gasteiger partial charge on any atom is 0.0252 e. The SMILES string of the molecule is CC(C)CCN(C1CC1)C1CC(C(C)C)CCC1N. The van der Waals surface area contributed by atoms with Crippen molar-refractivity contribution >= 4 is 0 Å². The fraction of sp³-hybridized carbons (Fsp3) is 1.00. The van der Waals surface area contributed by atoms with Gasteiger partial charge in [-0.2, -0.15) is 0 Å². The van der Waals surface area contributed by atoms with Gasteiger partial charge >= 0.3 is 0 Å². The lowest BCUT2D eigenvalue weighted by Gasteiger charge is -2.43. The van der Waals surface area contributed by atoms with Gasteiger partial charge in [0, 0.05) is 18.1 Å². The van der Waals surface area contributed by atoms with Gasteiger partial charge in [0.1, 0.15) is 0 Å². The summed E-state index contributed by atoms with van der Waals surface area (Å²) in [5, 5.41) is 0. The highest BCUT2D eigenvalue weighted by Crippen LogP contribution is 2.37. The van der Waals surface area contributed by atoms with E-state index in [1.54, 1.807) is 0 Å². The van der Waals surface area contributed by atoms with Crippen molar-refractivity contribution in [3.63, 3.8) is 0 Å². The molecule has 2 fully saturated rings. The molecule has 0 aromatic rings. The third kappa shape index (κ3) is 4.19. The molecule has 112 valence electrons. The lowest BCUT2D eigenvalue weighted by atomic mass is 9.76. The Labute approximate surface area is 120 Å². The third-order valence-electron chi connectivity index (χ3n) is 5.26. The smallest absolute Gasteiger partial charge is 0.0252 e. The van der Waals surface area contributed by atoms with Gasteiger partial charge < -0.3 is 5.73 Å². The van der Waals surface area contributed by atoms with Gasteiger partial charge in [-0.3, -0.25) is 4.90 Å². The van der Waals surface area contributed by atoms with E-state index in [-0.39, 0.29) is 0 Å². The summed E-state index contributed by atoms with van der Waals surface area (Å²) >= 11 is 0. The summed E-state index contributed by atoms with van der Waals surface area (Å²) in [5.74, 6) is 2.52. The van der Waals surface area contributed by atoms with Crippen LogP contribution in [0.1, 0.15) is 66.2 Å². The molecule has 0 saturated heterocycles. The number of hydrogen-bond acceptors (Lipinski definition) is 2. The largest absolute Gasteiger partial charge is 0.326 e. The topological polar surface area (TPSA) is 29.3 Å². The van der Waals surface area contributed by atoms with Crippen LogP contribution < -0.4 is 5.73 Å². The molecule has 2 nitrogen and oxygen atoms in total.